The maximum atomic E-state index is 10.7. The third-order valence-electron chi connectivity index (χ3n) is 1.88. The summed E-state index contributed by atoms with van der Waals surface area (Å²) in [5.74, 6) is -0.0820. The lowest BCUT2D eigenvalue weighted by molar-refractivity contribution is 0.0696. The zero-order valence-corrected chi connectivity index (χ0v) is 9.32. The summed E-state index contributed by atoms with van der Waals surface area (Å²) in [6.07, 6.45) is 0. The summed E-state index contributed by atoms with van der Waals surface area (Å²) in [6, 6.07) is 4.47. The first-order valence-electron chi connectivity index (χ1n) is 4.73. The highest BCUT2D eigenvalue weighted by Crippen LogP contribution is 2.28. The zero-order valence-electron chi connectivity index (χ0n) is 9.32. The first kappa shape index (κ1) is 12.1. The van der Waals surface area contributed by atoms with Gasteiger partial charge in [0.1, 0.15) is 6.61 Å². The predicted molar refractivity (Wildman–Crippen MR) is 60.3 cm³/mol. The Labute approximate surface area is 94.1 Å². The van der Waals surface area contributed by atoms with Gasteiger partial charge >= 0.3 is 5.97 Å². The normalized spacial score (nSPS) is 9.62. The standard InChI is InChI=1S/C12H14O4/c1-8(2)7-16-10-5-4-9(12(13)14)6-11(10)15-3/h4-6H,1,7H2,2-3H3,(H,13,14). The third-order valence-corrected chi connectivity index (χ3v) is 1.88. The summed E-state index contributed by atoms with van der Waals surface area (Å²) in [7, 11) is 1.47. The largest absolute Gasteiger partial charge is 0.493 e. The van der Waals surface area contributed by atoms with Gasteiger partial charge in [-0.2, -0.15) is 0 Å². The second-order valence-corrected chi connectivity index (χ2v) is 3.42. The van der Waals surface area contributed by atoms with Crippen molar-refractivity contribution >= 4 is 5.97 Å². The van der Waals surface area contributed by atoms with E-state index >= 15 is 0 Å². The van der Waals surface area contributed by atoms with Crippen LogP contribution in [-0.4, -0.2) is 24.8 Å². The SMILES string of the molecule is C=C(C)COc1ccc(C(=O)O)cc1OC. The molecule has 0 aliphatic carbocycles. The summed E-state index contributed by atoms with van der Waals surface area (Å²) in [5.41, 5.74) is 1.05. The van der Waals surface area contributed by atoms with Crippen molar-refractivity contribution in [3.05, 3.63) is 35.9 Å². The van der Waals surface area contributed by atoms with Gasteiger partial charge in [0.25, 0.3) is 0 Å². The van der Waals surface area contributed by atoms with Gasteiger partial charge < -0.3 is 14.6 Å². The van der Waals surface area contributed by atoms with E-state index in [0.29, 0.717) is 18.1 Å². The number of rotatable bonds is 5. The maximum absolute atomic E-state index is 10.7. The second kappa shape index (κ2) is 5.21. The fraction of sp³-hybridized carbons (Fsp3) is 0.250. The Morgan fingerprint density at radius 3 is 2.62 bits per heavy atom. The van der Waals surface area contributed by atoms with Crippen LogP contribution >= 0.6 is 0 Å². The van der Waals surface area contributed by atoms with Crippen LogP contribution in [0.4, 0.5) is 0 Å². The Bertz CT molecular complexity index is 409. The van der Waals surface area contributed by atoms with E-state index in [1.165, 1.54) is 19.2 Å². The van der Waals surface area contributed by atoms with Crippen LogP contribution in [0.3, 0.4) is 0 Å². The van der Waals surface area contributed by atoms with Gasteiger partial charge in [-0.25, -0.2) is 4.79 Å². The quantitative estimate of drug-likeness (QED) is 0.777. The lowest BCUT2D eigenvalue weighted by atomic mass is 10.2. The second-order valence-electron chi connectivity index (χ2n) is 3.42. The molecule has 0 radical (unpaired) electrons. The summed E-state index contributed by atoms with van der Waals surface area (Å²) < 4.78 is 10.5. The smallest absolute Gasteiger partial charge is 0.335 e. The van der Waals surface area contributed by atoms with Crippen molar-refractivity contribution in [2.24, 2.45) is 0 Å². The Balaban J connectivity index is 2.93. The minimum atomic E-state index is -0.996. The Morgan fingerprint density at radius 1 is 1.44 bits per heavy atom. The summed E-state index contributed by atoms with van der Waals surface area (Å²) in [5, 5.41) is 8.80. The Hall–Kier alpha value is -1.97. The van der Waals surface area contributed by atoms with Crippen LogP contribution in [0.15, 0.2) is 30.4 Å². The molecule has 0 spiro atoms. The number of carboxylic acid groups (broad SMARTS) is 1. The lowest BCUT2D eigenvalue weighted by Gasteiger charge is -2.10. The van der Waals surface area contributed by atoms with Crippen molar-refractivity contribution < 1.29 is 19.4 Å². The number of methoxy groups -OCH3 is 1. The molecule has 1 rings (SSSR count). The predicted octanol–water partition coefficient (Wildman–Crippen LogP) is 2.35. The molecule has 0 unspecified atom stereocenters. The van der Waals surface area contributed by atoms with Crippen LogP contribution in [0.5, 0.6) is 11.5 Å². The molecule has 0 saturated heterocycles. The molecule has 0 fully saturated rings. The van der Waals surface area contributed by atoms with E-state index in [1.807, 2.05) is 6.92 Å². The van der Waals surface area contributed by atoms with Crippen LogP contribution in [0, 0.1) is 0 Å². The van der Waals surface area contributed by atoms with Crippen molar-refractivity contribution in [2.75, 3.05) is 13.7 Å². The van der Waals surface area contributed by atoms with Crippen LogP contribution in [0.25, 0.3) is 0 Å². The van der Waals surface area contributed by atoms with Gasteiger partial charge in [0.05, 0.1) is 12.7 Å². The summed E-state index contributed by atoms with van der Waals surface area (Å²) in [4.78, 5) is 10.7. The van der Waals surface area contributed by atoms with E-state index in [0.717, 1.165) is 5.57 Å². The van der Waals surface area contributed by atoms with Gasteiger partial charge in [0, 0.05) is 0 Å². The maximum Gasteiger partial charge on any atom is 0.335 e. The topological polar surface area (TPSA) is 55.8 Å². The molecule has 4 nitrogen and oxygen atoms in total. The van der Waals surface area contributed by atoms with E-state index in [1.54, 1.807) is 6.07 Å². The number of hydrogen-bond acceptors (Lipinski definition) is 3. The van der Waals surface area contributed by atoms with E-state index < -0.39 is 5.97 Å². The average molecular weight is 222 g/mol. The highest BCUT2D eigenvalue weighted by molar-refractivity contribution is 5.88. The number of benzene rings is 1. The molecular formula is C12H14O4. The van der Waals surface area contributed by atoms with Crippen molar-refractivity contribution in [1.29, 1.82) is 0 Å². The highest BCUT2D eigenvalue weighted by Gasteiger charge is 2.09. The minimum absolute atomic E-state index is 0.166. The molecule has 0 atom stereocenters. The third kappa shape index (κ3) is 3.02. The fourth-order valence-electron chi connectivity index (χ4n) is 1.12. The monoisotopic (exact) mass is 222 g/mol. The molecule has 1 aromatic carbocycles. The molecule has 0 heterocycles. The van der Waals surface area contributed by atoms with Gasteiger partial charge in [0.2, 0.25) is 0 Å². The van der Waals surface area contributed by atoms with E-state index in [9.17, 15) is 4.79 Å². The molecule has 1 aromatic rings. The van der Waals surface area contributed by atoms with Gasteiger partial charge in [-0.3, -0.25) is 0 Å². The van der Waals surface area contributed by atoms with Gasteiger partial charge in [-0.1, -0.05) is 6.58 Å². The number of carboxylic acids is 1. The molecule has 16 heavy (non-hydrogen) atoms. The summed E-state index contributed by atoms with van der Waals surface area (Å²) >= 11 is 0. The van der Waals surface area contributed by atoms with Crippen molar-refractivity contribution in [1.82, 2.24) is 0 Å². The molecule has 1 N–H and O–H groups in total. The van der Waals surface area contributed by atoms with Crippen molar-refractivity contribution in [3.8, 4) is 11.5 Å². The Morgan fingerprint density at radius 2 is 2.12 bits per heavy atom. The Kier molecular flexibility index (Phi) is 3.94. The molecule has 0 bridgehead atoms. The van der Waals surface area contributed by atoms with Gasteiger partial charge in [0.15, 0.2) is 11.5 Å². The van der Waals surface area contributed by atoms with E-state index in [4.69, 9.17) is 14.6 Å². The first-order chi connectivity index (χ1) is 7.54. The molecule has 0 aliphatic rings. The van der Waals surface area contributed by atoms with Crippen molar-refractivity contribution in [2.45, 2.75) is 6.92 Å². The zero-order chi connectivity index (χ0) is 12.1. The minimum Gasteiger partial charge on any atom is -0.493 e. The summed E-state index contributed by atoms with van der Waals surface area (Å²) in [6.45, 7) is 5.93. The van der Waals surface area contributed by atoms with Crippen LogP contribution in [-0.2, 0) is 0 Å². The van der Waals surface area contributed by atoms with E-state index in [-0.39, 0.29) is 5.56 Å². The van der Waals surface area contributed by atoms with Crippen LogP contribution in [0.1, 0.15) is 17.3 Å². The number of aromatic carboxylic acids is 1. The molecule has 0 amide bonds. The van der Waals surface area contributed by atoms with Crippen LogP contribution in [0.2, 0.25) is 0 Å². The lowest BCUT2D eigenvalue weighted by Crippen LogP contribution is -2.02. The molecule has 4 heteroatoms. The fourth-order valence-corrected chi connectivity index (χ4v) is 1.12. The molecule has 0 aromatic heterocycles. The molecular weight excluding hydrogens is 208 g/mol. The average Bonchev–Trinajstić information content (AvgIpc) is 2.25. The molecule has 86 valence electrons. The number of hydrogen-bond donors (Lipinski definition) is 1. The van der Waals surface area contributed by atoms with Crippen molar-refractivity contribution in [3.63, 3.8) is 0 Å². The number of carbonyl (C=O) groups is 1. The number of ether oxygens (including phenoxy) is 2. The highest BCUT2D eigenvalue weighted by atomic mass is 16.5. The van der Waals surface area contributed by atoms with Gasteiger partial charge in [-0.15, -0.1) is 0 Å². The first-order valence-corrected chi connectivity index (χ1v) is 4.73. The van der Waals surface area contributed by atoms with Gasteiger partial charge in [-0.05, 0) is 30.7 Å². The molecule has 0 saturated carbocycles. The van der Waals surface area contributed by atoms with Crippen LogP contribution < -0.4 is 9.47 Å². The molecule has 0 aliphatic heterocycles. The van der Waals surface area contributed by atoms with E-state index in [2.05, 4.69) is 6.58 Å².